The Hall–Kier alpha value is -2.22. The number of hydrogen-bond donors (Lipinski definition) is 1. The third kappa shape index (κ3) is 4.37. The number of hydrazone groups is 1. The Morgan fingerprint density at radius 3 is 2.56 bits per heavy atom. The number of amides is 2. The van der Waals surface area contributed by atoms with Gasteiger partial charge in [-0.3, -0.25) is 9.59 Å². The minimum atomic E-state index is -3.14. The number of rotatable bonds is 3. The monoisotopic (exact) mass is 391 g/mol. The summed E-state index contributed by atoms with van der Waals surface area (Å²) >= 11 is 0. The Kier molecular flexibility index (Phi) is 5.12. The van der Waals surface area contributed by atoms with E-state index in [1.54, 1.807) is 0 Å². The van der Waals surface area contributed by atoms with Crippen LogP contribution in [-0.2, 0) is 24.8 Å². The first kappa shape index (κ1) is 19.5. The number of nitrogens with zero attached hydrogens (tertiary/aromatic N) is 2. The molecule has 1 aromatic carbocycles. The highest BCUT2D eigenvalue weighted by Crippen LogP contribution is 2.29. The standard InChI is InChI=1S/C19H25N3O4S/c1-19(2,3)14-6-4-5-7-15(14)20-18(24)16-8-9-17(23)22(21-16)13-10-11-27(25,26)12-13/h4-7,13H,8-12H2,1-3H3,(H,20,24). The van der Waals surface area contributed by atoms with Crippen LogP contribution in [0, 0.1) is 0 Å². The molecular formula is C19H25N3O4S. The van der Waals surface area contributed by atoms with Crippen LogP contribution < -0.4 is 5.32 Å². The summed E-state index contributed by atoms with van der Waals surface area (Å²) in [4.78, 5) is 24.9. The molecule has 1 fully saturated rings. The van der Waals surface area contributed by atoms with Crippen molar-refractivity contribution in [2.75, 3.05) is 16.8 Å². The lowest BCUT2D eigenvalue weighted by Gasteiger charge is -2.28. The lowest BCUT2D eigenvalue weighted by Crippen LogP contribution is -2.42. The van der Waals surface area contributed by atoms with Crippen LogP contribution in [0.5, 0.6) is 0 Å². The van der Waals surface area contributed by atoms with E-state index >= 15 is 0 Å². The molecule has 0 bridgehead atoms. The molecule has 0 radical (unpaired) electrons. The first-order valence-corrected chi connectivity index (χ1v) is 10.9. The average molecular weight is 391 g/mol. The van der Waals surface area contributed by atoms with Gasteiger partial charge in [-0.2, -0.15) is 5.10 Å². The molecule has 1 atom stereocenters. The second-order valence-corrected chi connectivity index (χ2v) is 10.3. The van der Waals surface area contributed by atoms with Crippen molar-refractivity contribution in [3.8, 4) is 0 Å². The molecule has 146 valence electrons. The highest BCUT2D eigenvalue weighted by molar-refractivity contribution is 7.91. The van der Waals surface area contributed by atoms with Crippen molar-refractivity contribution in [1.82, 2.24) is 5.01 Å². The zero-order valence-electron chi connectivity index (χ0n) is 15.9. The van der Waals surface area contributed by atoms with Crippen molar-refractivity contribution in [1.29, 1.82) is 0 Å². The van der Waals surface area contributed by atoms with Crippen molar-refractivity contribution in [3.63, 3.8) is 0 Å². The van der Waals surface area contributed by atoms with Gasteiger partial charge in [0.15, 0.2) is 9.84 Å². The van der Waals surface area contributed by atoms with E-state index in [9.17, 15) is 18.0 Å². The van der Waals surface area contributed by atoms with Crippen LogP contribution in [0.25, 0.3) is 0 Å². The van der Waals surface area contributed by atoms with E-state index in [2.05, 4.69) is 31.2 Å². The zero-order chi connectivity index (χ0) is 19.8. The van der Waals surface area contributed by atoms with Gasteiger partial charge < -0.3 is 5.32 Å². The molecule has 0 aromatic heterocycles. The summed E-state index contributed by atoms with van der Waals surface area (Å²) in [6.07, 6.45) is 0.765. The molecular weight excluding hydrogens is 366 g/mol. The van der Waals surface area contributed by atoms with E-state index in [-0.39, 0.29) is 47.3 Å². The first-order chi connectivity index (χ1) is 12.6. The third-order valence-electron chi connectivity index (χ3n) is 4.86. The van der Waals surface area contributed by atoms with Gasteiger partial charge >= 0.3 is 0 Å². The van der Waals surface area contributed by atoms with Crippen LogP contribution in [0.1, 0.15) is 45.6 Å². The molecule has 2 heterocycles. The van der Waals surface area contributed by atoms with E-state index < -0.39 is 15.9 Å². The molecule has 1 N–H and O–H groups in total. The van der Waals surface area contributed by atoms with Crippen LogP contribution in [0.4, 0.5) is 5.69 Å². The summed E-state index contributed by atoms with van der Waals surface area (Å²) in [5, 5.41) is 8.33. The lowest BCUT2D eigenvalue weighted by molar-refractivity contribution is -0.133. The smallest absolute Gasteiger partial charge is 0.271 e. The molecule has 1 aromatic rings. The van der Waals surface area contributed by atoms with Crippen LogP contribution in [0.2, 0.25) is 0 Å². The second-order valence-electron chi connectivity index (χ2n) is 8.09. The van der Waals surface area contributed by atoms with Gasteiger partial charge in [-0.1, -0.05) is 39.0 Å². The van der Waals surface area contributed by atoms with E-state index in [1.807, 2.05) is 24.3 Å². The van der Waals surface area contributed by atoms with Gasteiger partial charge in [0.25, 0.3) is 5.91 Å². The van der Waals surface area contributed by atoms with Gasteiger partial charge in [-0.25, -0.2) is 13.4 Å². The molecule has 0 aliphatic carbocycles. The quantitative estimate of drug-likeness (QED) is 0.853. The number of benzene rings is 1. The predicted octanol–water partition coefficient (Wildman–Crippen LogP) is 2.09. The fraction of sp³-hybridized carbons (Fsp3) is 0.526. The lowest BCUT2D eigenvalue weighted by atomic mass is 9.86. The normalized spacial score (nSPS) is 22.5. The van der Waals surface area contributed by atoms with Crippen LogP contribution >= 0.6 is 0 Å². The van der Waals surface area contributed by atoms with Crippen LogP contribution in [-0.4, -0.2) is 48.5 Å². The topological polar surface area (TPSA) is 95.9 Å². The van der Waals surface area contributed by atoms with Crippen molar-refractivity contribution in [3.05, 3.63) is 29.8 Å². The second kappa shape index (κ2) is 7.07. The zero-order valence-corrected chi connectivity index (χ0v) is 16.7. The first-order valence-electron chi connectivity index (χ1n) is 9.08. The maximum absolute atomic E-state index is 12.7. The molecule has 3 rings (SSSR count). The summed E-state index contributed by atoms with van der Waals surface area (Å²) in [7, 11) is -3.14. The molecule has 8 heteroatoms. The number of hydrogen-bond acceptors (Lipinski definition) is 5. The molecule has 0 saturated carbocycles. The number of nitrogens with one attached hydrogen (secondary N) is 1. The van der Waals surface area contributed by atoms with E-state index in [1.165, 1.54) is 5.01 Å². The molecule has 27 heavy (non-hydrogen) atoms. The number of carbonyl (C=O) groups excluding carboxylic acids is 2. The number of para-hydroxylation sites is 1. The van der Waals surface area contributed by atoms with E-state index in [4.69, 9.17) is 0 Å². The summed E-state index contributed by atoms with van der Waals surface area (Å²) < 4.78 is 23.4. The van der Waals surface area contributed by atoms with Gasteiger partial charge in [0, 0.05) is 18.5 Å². The molecule has 0 spiro atoms. The fourth-order valence-electron chi connectivity index (χ4n) is 3.43. The molecule has 2 amide bonds. The SMILES string of the molecule is CC(C)(C)c1ccccc1NC(=O)C1=NN(C2CCS(=O)(=O)C2)C(=O)CC1. The van der Waals surface area contributed by atoms with Crippen molar-refractivity contribution in [2.45, 2.75) is 51.5 Å². The average Bonchev–Trinajstić information content (AvgIpc) is 2.94. The van der Waals surface area contributed by atoms with Crippen molar-refractivity contribution < 1.29 is 18.0 Å². The summed E-state index contributed by atoms with van der Waals surface area (Å²) in [5.74, 6) is -0.629. The van der Waals surface area contributed by atoms with Gasteiger partial charge in [-0.05, 0) is 23.5 Å². The third-order valence-corrected chi connectivity index (χ3v) is 6.61. The summed E-state index contributed by atoms with van der Waals surface area (Å²) in [6.45, 7) is 6.20. The fourth-order valence-corrected chi connectivity index (χ4v) is 5.12. The van der Waals surface area contributed by atoms with Gasteiger partial charge in [-0.15, -0.1) is 0 Å². The number of anilines is 1. The van der Waals surface area contributed by atoms with Crippen LogP contribution in [0.15, 0.2) is 29.4 Å². The van der Waals surface area contributed by atoms with Gasteiger partial charge in [0.2, 0.25) is 5.91 Å². The van der Waals surface area contributed by atoms with Crippen molar-refractivity contribution >= 4 is 33.1 Å². The molecule has 2 aliphatic rings. The van der Waals surface area contributed by atoms with Crippen molar-refractivity contribution in [2.24, 2.45) is 5.10 Å². The number of carbonyl (C=O) groups is 2. The Morgan fingerprint density at radius 1 is 1.22 bits per heavy atom. The minimum Gasteiger partial charge on any atom is -0.321 e. The maximum atomic E-state index is 12.7. The largest absolute Gasteiger partial charge is 0.321 e. The Balaban J connectivity index is 1.81. The molecule has 2 aliphatic heterocycles. The van der Waals surface area contributed by atoms with Crippen LogP contribution in [0.3, 0.4) is 0 Å². The predicted molar refractivity (Wildman–Crippen MR) is 104 cm³/mol. The van der Waals surface area contributed by atoms with Gasteiger partial charge in [0.1, 0.15) is 5.71 Å². The maximum Gasteiger partial charge on any atom is 0.271 e. The van der Waals surface area contributed by atoms with E-state index in [0.717, 1.165) is 5.56 Å². The highest BCUT2D eigenvalue weighted by atomic mass is 32.2. The molecule has 7 nitrogen and oxygen atoms in total. The molecule has 1 unspecified atom stereocenters. The highest BCUT2D eigenvalue weighted by Gasteiger charge is 2.37. The summed E-state index contributed by atoms with van der Waals surface area (Å²) in [5.41, 5.74) is 1.83. The molecule has 1 saturated heterocycles. The number of sulfone groups is 1. The Labute approximate surface area is 159 Å². The van der Waals surface area contributed by atoms with Gasteiger partial charge in [0.05, 0.1) is 17.5 Å². The minimum absolute atomic E-state index is 0.0530. The summed E-state index contributed by atoms with van der Waals surface area (Å²) in [6, 6.07) is 7.11. The Morgan fingerprint density at radius 2 is 1.93 bits per heavy atom. The Bertz CT molecular complexity index is 900. The van der Waals surface area contributed by atoms with E-state index in [0.29, 0.717) is 12.1 Å².